The molecule has 0 aliphatic heterocycles. The van der Waals surface area contributed by atoms with Crippen molar-refractivity contribution < 1.29 is 13.9 Å². The summed E-state index contributed by atoms with van der Waals surface area (Å²) in [6.45, 7) is 0.263. The van der Waals surface area contributed by atoms with E-state index in [1.54, 1.807) is 30.6 Å². The molecule has 2 heterocycles. The summed E-state index contributed by atoms with van der Waals surface area (Å²) < 4.78 is 10.6. The van der Waals surface area contributed by atoms with Crippen LogP contribution < -0.4 is 15.7 Å². The standard InChI is InChI=1S/C19H15N3O4/c23-18(20-9-12-1-5-15-16(7-12)22-11-21-15)10-25-14-4-2-13-3-6-19(24)26-17(13)8-14/h1-8,11H,9-10H2,(H,20,23)(H,21,22). The van der Waals surface area contributed by atoms with Gasteiger partial charge in [0.1, 0.15) is 11.3 Å². The zero-order chi connectivity index (χ0) is 17.9. The lowest BCUT2D eigenvalue weighted by atomic mass is 10.2. The van der Waals surface area contributed by atoms with Crippen molar-refractivity contribution >= 4 is 27.9 Å². The first-order valence-corrected chi connectivity index (χ1v) is 8.03. The van der Waals surface area contributed by atoms with Gasteiger partial charge < -0.3 is 19.5 Å². The van der Waals surface area contributed by atoms with Crippen molar-refractivity contribution in [2.45, 2.75) is 6.54 Å². The molecule has 0 spiro atoms. The van der Waals surface area contributed by atoms with Crippen molar-refractivity contribution in [3.63, 3.8) is 0 Å². The Morgan fingerprint density at radius 3 is 2.96 bits per heavy atom. The second-order valence-electron chi connectivity index (χ2n) is 5.77. The van der Waals surface area contributed by atoms with E-state index < -0.39 is 5.63 Å². The molecule has 0 bridgehead atoms. The number of hydrogen-bond acceptors (Lipinski definition) is 5. The number of nitrogens with zero attached hydrogens (tertiary/aromatic N) is 1. The Bertz CT molecular complexity index is 1150. The van der Waals surface area contributed by atoms with Crippen LogP contribution in [0, 0.1) is 0 Å². The van der Waals surface area contributed by atoms with Crippen molar-refractivity contribution in [2.24, 2.45) is 0 Å². The van der Waals surface area contributed by atoms with Gasteiger partial charge in [-0.1, -0.05) is 6.07 Å². The highest BCUT2D eigenvalue weighted by Crippen LogP contribution is 2.19. The third-order valence-corrected chi connectivity index (χ3v) is 3.94. The van der Waals surface area contributed by atoms with Crippen molar-refractivity contribution in [2.75, 3.05) is 6.61 Å². The highest BCUT2D eigenvalue weighted by Gasteiger charge is 2.06. The number of imidazole rings is 1. The van der Waals surface area contributed by atoms with Crippen LogP contribution in [-0.2, 0) is 11.3 Å². The zero-order valence-electron chi connectivity index (χ0n) is 13.7. The molecule has 0 aliphatic carbocycles. The molecule has 0 saturated heterocycles. The number of hydrogen-bond donors (Lipinski definition) is 2. The summed E-state index contributed by atoms with van der Waals surface area (Å²) in [6.07, 6.45) is 1.63. The predicted molar refractivity (Wildman–Crippen MR) is 95.9 cm³/mol. The van der Waals surface area contributed by atoms with E-state index in [4.69, 9.17) is 9.15 Å². The number of benzene rings is 2. The largest absolute Gasteiger partial charge is 0.484 e. The van der Waals surface area contributed by atoms with E-state index in [-0.39, 0.29) is 12.5 Å². The van der Waals surface area contributed by atoms with E-state index >= 15 is 0 Å². The van der Waals surface area contributed by atoms with Crippen molar-refractivity contribution in [1.29, 1.82) is 0 Å². The summed E-state index contributed by atoms with van der Waals surface area (Å²) in [4.78, 5) is 30.4. The molecule has 0 radical (unpaired) electrons. The Labute approximate surface area is 147 Å². The van der Waals surface area contributed by atoms with Crippen LogP contribution in [0.25, 0.3) is 22.0 Å². The fourth-order valence-corrected chi connectivity index (χ4v) is 2.62. The number of aromatic amines is 1. The molecule has 7 nitrogen and oxygen atoms in total. The third-order valence-electron chi connectivity index (χ3n) is 3.94. The van der Waals surface area contributed by atoms with E-state index in [0.29, 0.717) is 17.9 Å². The molecule has 0 saturated carbocycles. The molecule has 0 aliphatic rings. The number of H-pyrrole nitrogens is 1. The topological polar surface area (TPSA) is 97.2 Å². The second kappa shape index (κ2) is 6.72. The maximum absolute atomic E-state index is 12.0. The summed E-state index contributed by atoms with van der Waals surface area (Å²) in [6, 6.07) is 13.9. The molecule has 1 amide bonds. The van der Waals surface area contributed by atoms with E-state index in [0.717, 1.165) is 22.0 Å². The van der Waals surface area contributed by atoms with Crippen LogP contribution in [0.1, 0.15) is 5.56 Å². The molecule has 2 aromatic carbocycles. The SMILES string of the molecule is O=C(COc1ccc2ccc(=O)oc2c1)NCc1ccc2nc[nH]c2c1. The van der Waals surface area contributed by atoms with Crippen molar-refractivity contribution in [3.05, 3.63) is 70.8 Å². The quantitative estimate of drug-likeness (QED) is 0.539. The van der Waals surface area contributed by atoms with Gasteiger partial charge in [0.25, 0.3) is 5.91 Å². The summed E-state index contributed by atoms with van der Waals surface area (Å²) in [5.74, 6) is 0.213. The number of nitrogens with one attached hydrogen (secondary N) is 2. The molecule has 4 rings (SSSR count). The van der Waals surface area contributed by atoms with Gasteiger partial charge in [0.05, 0.1) is 17.4 Å². The Hall–Kier alpha value is -3.61. The molecule has 4 aromatic rings. The molecule has 2 aromatic heterocycles. The van der Waals surface area contributed by atoms with Gasteiger partial charge in [0.15, 0.2) is 6.61 Å². The zero-order valence-corrected chi connectivity index (χ0v) is 13.7. The fourth-order valence-electron chi connectivity index (χ4n) is 2.62. The molecule has 7 heteroatoms. The minimum Gasteiger partial charge on any atom is -0.484 e. The number of carbonyl (C=O) groups is 1. The normalized spacial score (nSPS) is 10.9. The van der Waals surface area contributed by atoms with Crippen LogP contribution in [0.3, 0.4) is 0 Å². The lowest BCUT2D eigenvalue weighted by Gasteiger charge is -2.08. The van der Waals surface area contributed by atoms with E-state index in [1.807, 2.05) is 18.2 Å². The maximum atomic E-state index is 12.0. The summed E-state index contributed by atoms with van der Waals surface area (Å²) in [7, 11) is 0. The van der Waals surface area contributed by atoms with Crippen LogP contribution in [0.4, 0.5) is 0 Å². The predicted octanol–water partition coefficient (Wildman–Crippen LogP) is 2.36. The fraction of sp³-hybridized carbons (Fsp3) is 0.105. The molecule has 26 heavy (non-hydrogen) atoms. The van der Waals surface area contributed by atoms with E-state index in [2.05, 4.69) is 15.3 Å². The van der Waals surface area contributed by atoms with Crippen molar-refractivity contribution in [1.82, 2.24) is 15.3 Å². The Morgan fingerprint density at radius 1 is 1.15 bits per heavy atom. The Morgan fingerprint density at radius 2 is 2.04 bits per heavy atom. The highest BCUT2D eigenvalue weighted by atomic mass is 16.5. The first kappa shape index (κ1) is 15.9. The van der Waals surface area contributed by atoms with Gasteiger partial charge in [0.2, 0.25) is 0 Å². The molecule has 0 atom stereocenters. The highest BCUT2D eigenvalue weighted by molar-refractivity contribution is 5.80. The molecule has 2 N–H and O–H groups in total. The van der Waals surface area contributed by atoms with Crippen LogP contribution in [0.5, 0.6) is 5.75 Å². The first-order valence-electron chi connectivity index (χ1n) is 8.03. The van der Waals surface area contributed by atoms with Gasteiger partial charge in [-0.15, -0.1) is 0 Å². The monoisotopic (exact) mass is 349 g/mol. The molecular formula is C19H15N3O4. The number of ether oxygens (including phenoxy) is 1. The number of aromatic nitrogens is 2. The maximum Gasteiger partial charge on any atom is 0.336 e. The number of fused-ring (bicyclic) bond motifs is 2. The van der Waals surface area contributed by atoms with Gasteiger partial charge in [-0.25, -0.2) is 9.78 Å². The number of amides is 1. The van der Waals surface area contributed by atoms with E-state index in [9.17, 15) is 9.59 Å². The van der Waals surface area contributed by atoms with Gasteiger partial charge in [-0.2, -0.15) is 0 Å². The average molecular weight is 349 g/mol. The minimum atomic E-state index is -0.429. The van der Waals surface area contributed by atoms with Crippen molar-refractivity contribution in [3.8, 4) is 5.75 Å². The molecular weight excluding hydrogens is 334 g/mol. The first-order chi connectivity index (χ1) is 12.7. The van der Waals surface area contributed by atoms with Gasteiger partial charge >= 0.3 is 5.63 Å². The summed E-state index contributed by atoms with van der Waals surface area (Å²) >= 11 is 0. The summed E-state index contributed by atoms with van der Waals surface area (Å²) in [5.41, 5.74) is 2.75. The van der Waals surface area contributed by atoms with Gasteiger partial charge in [0, 0.05) is 24.1 Å². The summed E-state index contributed by atoms with van der Waals surface area (Å²) in [5, 5.41) is 3.59. The lowest BCUT2D eigenvalue weighted by molar-refractivity contribution is -0.123. The number of rotatable bonds is 5. The van der Waals surface area contributed by atoms with Crippen LogP contribution in [0.15, 0.2) is 64.1 Å². The smallest absolute Gasteiger partial charge is 0.336 e. The van der Waals surface area contributed by atoms with Crippen LogP contribution in [0.2, 0.25) is 0 Å². The van der Waals surface area contributed by atoms with Gasteiger partial charge in [-0.05, 0) is 35.9 Å². The third kappa shape index (κ3) is 3.41. The Kier molecular flexibility index (Phi) is 4.10. The van der Waals surface area contributed by atoms with Gasteiger partial charge in [-0.3, -0.25) is 4.79 Å². The van der Waals surface area contributed by atoms with Crippen LogP contribution in [-0.4, -0.2) is 22.5 Å². The molecule has 0 fully saturated rings. The second-order valence-corrected chi connectivity index (χ2v) is 5.77. The minimum absolute atomic E-state index is 0.130. The molecule has 0 unspecified atom stereocenters. The Balaban J connectivity index is 1.35. The molecule has 130 valence electrons. The van der Waals surface area contributed by atoms with E-state index in [1.165, 1.54) is 6.07 Å². The average Bonchev–Trinajstić information content (AvgIpc) is 3.12. The number of carbonyl (C=O) groups excluding carboxylic acids is 1. The van der Waals surface area contributed by atoms with Crippen LogP contribution >= 0.6 is 0 Å². The lowest BCUT2D eigenvalue weighted by Crippen LogP contribution is -2.28.